The van der Waals surface area contributed by atoms with Crippen molar-refractivity contribution in [1.82, 2.24) is 4.57 Å². The number of fused-ring (bicyclic) bond motifs is 3. The van der Waals surface area contributed by atoms with Gasteiger partial charge in [-0.15, -0.1) is 0 Å². The molecular formula is C29H45NO4. The van der Waals surface area contributed by atoms with Crippen LogP contribution in [-0.4, -0.2) is 30.2 Å². The van der Waals surface area contributed by atoms with Gasteiger partial charge in [-0.05, 0) is 73.7 Å². The van der Waals surface area contributed by atoms with E-state index >= 15 is 0 Å². The SMILES string of the molecule is Cn1ccc(OCC[C@@H]2C(C)(C)CCC3[C@]4(C)CO[C@@H](C5CCCC5)O[C@@H]4CC[C@]32C)cc1=O. The summed E-state index contributed by atoms with van der Waals surface area (Å²) >= 11 is 0. The summed E-state index contributed by atoms with van der Waals surface area (Å²) in [5, 5.41) is 0. The Labute approximate surface area is 205 Å². The highest BCUT2D eigenvalue weighted by Crippen LogP contribution is 2.66. The predicted octanol–water partition coefficient (Wildman–Crippen LogP) is 5.94. The lowest BCUT2D eigenvalue weighted by atomic mass is 9.42. The summed E-state index contributed by atoms with van der Waals surface area (Å²) in [5.74, 6) is 2.45. The van der Waals surface area contributed by atoms with Gasteiger partial charge in [0.2, 0.25) is 0 Å². The van der Waals surface area contributed by atoms with Gasteiger partial charge in [-0.1, -0.05) is 40.5 Å². The van der Waals surface area contributed by atoms with Crippen LogP contribution in [0, 0.1) is 34.0 Å². The normalized spacial score (nSPS) is 39.9. The van der Waals surface area contributed by atoms with E-state index in [0.29, 0.717) is 36.2 Å². The van der Waals surface area contributed by atoms with Gasteiger partial charge < -0.3 is 18.8 Å². The van der Waals surface area contributed by atoms with Crippen LogP contribution in [-0.2, 0) is 16.5 Å². The molecule has 3 saturated carbocycles. The first-order chi connectivity index (χ1) is 16.1. The van der Waals surface area contributed by atoms with Crippen molar-refractivity contribution < 1.29 is 14.2 Å². The van der Waals surface area contributed by atoms with Crippen LogP contribution in [0.5, 0.6) is 5.75 Å². The Morgan fingerprint density at radius 3 is 2.56 bits per heavy atom. The molecule has 1 saturated heterocycles. The van der Waals surface area contributed by atoms with Crippen LogP contribution in [0.3, 0.4) is 0 Å². The third-order valence-corrected chi connectivity index (χ3v) is 10.5. The molecule has 34 heavy (non-hydrogen) atoms. The fraction of sp³-hybridized carbons (Fsp3) is 0.828. The van der Waals surface area contributed by atoms with E-state index in [0.717, 1.165) is 19.4 Å². The van der Waals surface area contributed by atoms with Crippen molar-refractivity contribution in [1.29, 1.82) is 0 Å². The fourth-order valence-electron chi connectivity index (χ4n) is 8.58. The molecule has 4 fully saturated rings. The van der Waals surface area contributed by atoms with Gasteiger partial charge in [-0.25, -0.2) is 0 Å². The highest BCUT2D eigenvalue weighted by molar-refractivity contribution is 5.18. The van der Waals surface area contributed by atoms with Crippen molar-refractivity contribution in [2.45, 2.75) is 97.9 Å². The lowest BCUT2D eigenvalue weighted by molar-refractivity contribution is -0.322. The number of rotatable bonds is 5. The Morgan fingerprint density at radius 2 is 1.82 bits per heavy atom. The largest absolute Gasteiger partial charge is 0.493 e. The molecule has 0 spiro atoms. The van der Waals surface area contributed by atoms with Gasteiger partial charge in [0.25, 0.3) is 5.56 Å². The minimum atomic E-state index is -0.0259. The standard InChI is InChI=1S/C29H45NO4/c1-27(2)14-10-23-28(3,22(27)13-17-32-21-12-16-30(5)25(31)18-21)15-11-24-29(23,4)19-33-26(34-24)20-8-6-7-9-20/h12,16,18,20,22-24,26H,6-11,13-15,17,19H2,1-5H3/t22-,23?,24-,26-,28+,29+/m1/s1. The van der Waals surface area contributed by atoms with Gasteiger partial charge in [0.15, 0.2) is 6.29 Å². The summed E-state index contributed by atoms with van der Waals surface area (Å²) in [5.41, 5.74) is 0.578. The molecule has 0 radical (unpaired) electrons. The van der Waals surface area contributed by atoms with Crippen LogP contribution >= 0.6 is 0 Å². The molecule has 190 valence electrons. The summed E-state index contributed by atoms with van der Waals surface area (Å²) in [7, 11) is 1.77. The molecule has 0 amide bonds. The van der Waals surface area contributed by atoms with E-state index < -0.39 is 0 Å². The van der Waals surface area contributed by atoms with Gasteiger partial charge >= 0.3 is 0 Å². The average Bonchev–Trinajstić information content (AvgIpc) is 3.32. The van der Waals surface area contributed by atoms with Crippen molar-refractivity contribution >= 4 is 0 Å². The number of nitrogens with zero attached hydrogens (tertiary/aromatic N) is 1. The molecule has 5 heteroatoms. The summed E-state index contributed by atoms with van der Waals surface area (Å²) in [4.78, 5) is 12.0. The van der Waals surface area contributed by atoms with Crippen molar-refractivity contribution in [3.63, 3.8) is 0 Å². The Bertz CT molecular complexity index is 934. The molecule has 1 unspecified atom stereocenters. The van der Waals surface area contributed by atoms with Crippen LogP contribution in [0.15, 0.2) is 23.1 Å². The van der Waals surface area contributed by atoms with E-state index in [2.05, 4.69) is 27.7 Å². The first-order valence-electron chi connectivity index (χ1n) is 13.7. The highest BCUT2D eigenvalue weighted by atomic mass is 16.7. The third-order valence-electron chi connectivity index (χ3n) is 10.5. The predicted molar refractivity (Wildman–Crippen MR) is 134 cm³/mol. The minimum Gasteiger partial charge on any atom is -0.493 e. The molecule has 1 aromatic heterocycles. The molecule has 1 aliphatic heterocycles. The first-order valence-corrected chi connectivity index (χ1v) is 13.7. The maximum Gasteiger partial charge on any atom is 0.253 e. The first kappa shape index (κ1) is 24.4. The van der Waals surface area contributed by atoms with Gasteiger partial charge in [0.1, 0.15) is 5.75 Å². The third kappa shape index (κ3) is 4.15. The van der Waals surface area contributed by atoms with E-state index in [-0.39, 0.29) is 28.1 Å². The zero-order valence-electron chi connectivity index (χ0n) is 22.0. The maximum atomic E-state index is 12.0. The van der Waals surface area contributed by atoms with Gasteiger partial charge in [0, 0.05) is 30.6 Å². The molecule has 2 heterocycles. The number of hydrogen-bond donors (Lipinski definition) is 0. The molecule has 0 aromatic carbocycles. The van der Waals surface area contributed by atoms with Crippen molar-refractivity contribution in [2.24, 2.45) is 41.0 Å². The van der Waals surface area contributed by atoms with E-state index in [4.69, 9.17) is 14.2 Å². The smallest absolute Gasteiger partial charge is 0.253 e. The molecular weight excluding hydrogens is 426 g/mol. The lowest BCUT2D eigenvalue weighted by Gasteiger charge is -2.65. The quantitative estimate of drug-likeness (QED) is 0.533. The molecule has 0 N–H and O–H groups in total. The Hall–Kier alpha value is -1.33. The molecule has 0 bridgehead atoms. The van der Waals surface area contributed by atoms with Crippen LogP contribution < -0.4 is 10.3 Å². The van der Waals surface area contributed by atoms with E-state index in [1.54, 1.807) is 23.9 Å². The molecule has 3 aliphatic carbocycles. The van der Waals surface area contributed by atoms with E-state index in [9.17, 15) is 4.79 Å². The molecule has 5 rings (SSSR count). The number of hydrogen-bond acceptors (Lipinski definition) is 4. The number of aromatic nitrogens is 1. The lowest BCUT2D eigenvalue weighted by Crippen LogP contribution is -2.63. The van der Waals surface area contributed by atoms with Gasteiger partial charge in [-0.2, -0.15) is 0 Å². The molecule has 5 nitrogen and oxygen atoms in total. The van der Waals surface area contributed by atoms with Crippen LogP contribution in [0.25, 0.3) is 0 Å². The summed E-state index contributed by atoms with van der Waals surface area (Å²) in [6.07, 6.45) is 13.2. The Morgan fingerprint density at radius 1 is 1.06 bits per heavy atom. The van der Waals surface area contributed by atoms with Crippen molar-refractivity contribution in [3.8, 4) is 5.75 Å². The minimum absolute atomic E-state index is 0.0211. The summed E-state index contributed by atoms with van der Waals surface area (Å²) in [6.45, 7) is 11.4. The van der Waals surface area contributed by atoms with Gasteiger partial charge in [-0.3, -0.25) is 4.79 Å². The zero-order chi connectivity index (χ0) is 24.1. The summed E-state index contributed by atoms with van der Waals surface area (Å²) < 4.78 is 20.9. The van der Waals surface area contributed by atoms with Crippen LogP contribution in [0.4, 0.5) is 0 Å². The topological polar surface area (TPSA) is 49.7 Å². The van der Waals surface area contributed by atoms with E-state index in [1.807, 2.05) is 6.07 Å². The van der Waals surface area contributed by atoms with Crippen LogP contribution in [0.2, 0.25) is 0 Å². The molecule has 4 aliphatic rings. The second-order valence-electron chi connectivity index (χ2n) is 13.0. The maximum absolute atomic E-state index is 12.0. The van der Waals surface area contributed by atoms with E-state index in [1.165, 1.54) is 44.9 Å². The monoisotopic (exact) mass is 471 g/mol. The second kappa shape index (κ2) is 8.96. The zero-order valence-corrected chi connectivity index (χ0v) is 22.0. The van der Waals surface area contributed by atoms with Crippen molar-refractivity contribution in [2.75, 3.05) is 13.2 Å². The highest BCUT2D eigenvalue weighted by Gasteiger charge is 2.62. The summed E-state index contributed by atoms with van der Waals surface area (Å²) in [6, 6.07) is 3.49. The second-order valence-corrected chi connectivity index (χ2v) is 13.0. The molecule has 1 aromatic rings. The number of ether oxygens (including phenoxy) is 3. The van der Waals surface area contributed by atoms with Crippen LogP contribution in [0.1, 0.15) is 85.5 Å². The number of aryl methyl sites for hydroxylation is 1. The fourth-order valence-corrected chi connectivity index (χ4v) is 8.58. The average molecular weight is 472 g/mol. The van der Waals surface area contributed by atoms with Gasteiger partial charge in [0.05, 0.1) is 19.3 Å². The Balaban J connectivity index is 1.31. The number of pyridine rings is 1. The molecule has 6 atom stereocenters. The van der Waals surface area contributed by atoms with Crippen molar-refractivity contribution in [3.05, 3.63) is 28.7 Å². The Kier molecular flexibility index (Phi) is 6.42.